The van der Waals surface area contributed by atoms with Gasteiger partial charge in [0.15, 0.2) is 0 Å². The van der Waals surface area contributed by atoms with Crippen molar-refractivity contribution in [1.82, 2.24) is 19.7 Å². The second kappa shape index (κ2) is 6.43. The van der Waals surface area contributed by atoms with Gasteiger partial charge in [-0.15, -0.1) is 11.3 Å². The van der Waals surface area contributed by atoms with Gasteiger partial charge in [0.25, 0.3) is 0 Å². The highest BCUT2D eigenvalue weighted by Gasteiger charge is 2.29. The van der Waals surface area contributed by atoms with Crippen LogP contribution in [0.15, 0.2) is 23.8 Å². The van der Waals surface area contributed by atoms with Crippen LogP contribution in [0.4, 0.5) is 0 Å². The minimum absolute atomic E-state index is 0.0439. The number of rotatable bonds is 4. The first-order valence-electron chi connectivity index (χ1n) is 8.15. The smallest absolute Gasteiger partial charge is 0.228 e. The number of likely N-dealkylation sites (tertiary alicyclic amines) is 1. The zero-order valence-electron chi connectivity index (χ0n) is 14.0. The van der Waals surface area contributed by atoms with Gasteiger partial charge in [0.2, 0.25) is 5.91 Å². The van der Waals surface area contributed by atoms with E-state index in [1.54, 1.807) is 17.5 Å². The molecule has 1 atom stereocenters. The molecule has 1 amide bonds. The molecule has 0 saturated carbocycles. The van der Waals surface area contributed by atoms with Gasteiger partial charge in [0.1, 0.15) is 0 Å². The third-order valence-corrected chi connectivity index (χ3v) is 5.50. The van der Waals surface area contributed by atoms with Crippen LogP contribution in [-0.4, -0.2) is 38.2 Å². The number of carbonyl (C=O) groups is 1. The van der Waals surface area contributed by atoms with Crippen molar-refractivity contribution in [2.45, 2.75) is 58.0 Å². The zero-order valence-corrected chi connectivity index (χ0v) is 14.8. The van der Waals surface area contributed by atoms with E-state index in [4.69, 9.17) is 0 Å². The predicted octanol–water partition coefficient (Wildman–Crippen LogP) is 2.87. The highest BCUT2D eigenvalue weighted by molar-refractivity contribution is 7.09. The third kappa shape index (κ3) is 3.80. The van der Waals surface area contributed by atoms with Crippen molar-refractivity contribution < 1.29 is 4.79 Å². The number of nitrogens with zero attached hydrogens (tertiary/aromatic N) is 4. The van der Waals surface area contributed by atoms with Gasteiger partial charge in [-0.1, -0.05) is 20.8 Å². The fourth-order valence-corrected chi connectivity index (χ4v) is 3.87. The van der Waals surface area contributed by atoms with E-state index >= 15 is 0 Å². The van der Waals surface area contributed by atoms with Gasteiger partial charge in [0.05, 0.1) is 29.7 Å². The molecule has 23 heavy (non-hydrogen) atoms. The molecule has 1 fully saturated rings. The molecule has 0 aliphatic carbocycles. The average molecular weight is 332 g/mol. The maximum Gasteiger partial charge on any atom is 0.228 e. The Morgan fingerprint density at radius 2 is 2.26 bits per heavy atom. The van der Waals surface area contributed by atoms with Gasteiger partial charge in [-0.3, -0.25) is 9.48 Å². The van der Waals surface area contributed by atoms with Crippen molar-refractivity contribution in [2.75, 3.05) is 6.54 Å². The Bertz CT molecular complexity index is 656. The van der Waals surface area contributed by atoms with Crippen LogP contribution in [0.2, 0.25) is 0 Å². The summed E-state index contributed by atoms with van der Waals surface area (Å²) in [5.41, 5.74) is 0.942. The van der Waals surface area contributed by atoms with Crippen LogP contribution < -0.4 is 0 Å². The Morgan fingerprint density at radius 3 is 2.91 bits per heavy atom. The van der Waals surface area contributed by atoms with Gasteiger partial charge in [-0.2, -0.15) is 5.10 Å². The number of thiazole rings is 1. The summed E-state index contributed by atoms with van der Waals surface area (Å²) >= 11 is 1.65. The monoisotopic (exact) mass is 332 g/mol. The quantitative estimate of drug-likeness (QED) is 0.865. The van der Waals surface area contributed by atoms with Crippen LogP contribution in [-0.2, 0) is 23.2 Å². The van der Waals surface area contributed by atoms with Crippen LogP contribution >= 0.6 is 11.3 Å². The van der Waals surface area contributed by atoms with Gasteiger partial charge >= 0.3 is 0 Å². The Hall–Kier alpha value is -1.69. The normalized spacial score (nSPS) is 18.6. The van der Waals surface area contributed by atoms with E-state index < -0.39 is 0 Å². The summed E-state index contributed by atoms with van der Waals surface area (Å²) in [4.78, 5) is 19.3. The lowest BCUT2D eigenvalue weighted by Gasteiger charge is -2.24. The second-order valence-electron chi connectivity index (χ2n) is 7.18. The molecule has 0 unspecified atom stereocenters. The molecule has 3 heterocycles. The van der Waals surface area contributed by atoms with Crippen molar-refractivity contribution in [3.8, 4) is 0 Å². The molecule has 1 aliphatic heterocycles. The fraction of sp³-hybridized carbons (Fsp3) is 0.588. The zero-order chi connectivity index (χ0) is 16.4. The lowest BCUT2D eigenvalue weighted by Crippen LogP contribution is -2.39. The summed E-state index contributed by atoms with van der Waals surface area (Å²) < 4.78 is 1.91. The van der Waals surface area contributed by atoms with Crippen molar-refractivity contribution in [3.05, 3.63) is 34.5 Å². The average Bonchev–Trinajstić information content (AvgIpc) is 3.18. The predicted molar refractivity (Wildman–Crippen MR) is 91.5 cm³/mol. The Balaban J connectivity index is 1.64. The lowest BCUT2D eigenvalue weighted by atomic mass is 9.98. The maximum absolute atomic E-state index is 12.7. The topological polar surface area (TPSA) is 51.0 Å². The van der Waals surface area contributed by atoms with Gasteiger partial charge in [0, 0.05) is 29.7 Å². The van der Waals surface area contributed by atoms with Crippen molar-refractivity contribution in [3.63, 3.8) is 0 Å². The van der Waals surface area contributed by atoms with Crippen molar-refractivity contribution in [1.29, 1.82) is 0 Å². The summed E-state index contributed by atoms with van der Waals surface area (Å²) in [5.74, 6) is 0.186. The van der Waals surface area contributed by atoms with Crippen molar-refractivity contribution in [2.24, 2.45) is 0 Å². The summed E-state index contributed by atoms with van der Waals surface area (Å²) in [7, 11) is 0. The molecule has 0 spiro atoms. The molecule has 2 aromatic heterocycles. The summed E-state index contributed by atoms with van der Waals surface area (Å²) in [6, 6.07) is 2.17. The van der Waals surface area contributed by atoms with Crippen LogP contribution in [0.1, 0.15) is 44.3 Å². The molecule has 1 aliphatic rings. The minimum Gasteiger partial charge on any atom is -0.338 e. The highest BCUT2D eigenvalue weighted by atomic mass is 32.1. The van der Waals surface area contributed by atoms with E-state index in [-0.39, 0.29) is 17.4 Å². The first kappa shape index (κ1) is 16.2. The number of amides is 1. The molecule has 3 rings (SSSR count). The molecule has 1 saturated heterocycles. The molecule has 0 N–H and O–H groups in total. The standard InChI is InChI=1S/C17H24N4OS/c1-17(2,3)16-19-13(12-23-16)10-15(22)21-9-4-6-14(21)11-20-8-5-7-18-20/h5,7-8,12,14H,4,6,9-11H2,1-3H3/t14-/m0/s1. The largest absolute Gasteiger partial charge is 0.338 e. The van der Waals surface area contributed by atoms with Gasteiger partial charge in [-0.25, -0.2) is 4.98 Å². The summed E-state index contributed by atoms with van der Waals surface area (Å²) in [6.07, 6.45) is 6.27. The Kier molecular flexibility index (Phi) is 4.53. The molecule has 0 radical (unpaired) electrons. The number of hydrogen-bond donors (Lipinski definition) is 0. The minimum atomic E-state index is 0.0439. The molecule has 0 aromatic carbocycles. The van der Waals surface area contributed by atoms with E-state index in [1.807, 2.05) is 27.2 Å². The van der Waals surface area contributed by atoms with Crippen LogP contribution in [0, 0.1) is 0 Å². The molecule has 124 valence electrons. The first-order chi connectivity index (χ1) is 10.9. The fourth-order valence-electron chi connectivity index (χ4n) is 2.97. The molecule has 2 aromatic rings. The SMILES string of the molecule is CC(C)(C)c1nc(CC(=O)N2CCC[C@H]2Cn2cccn2)cs1. The second-order valence-corrected chi connectivity index (χ2v) is 8.04. The number of hydrogen-bond acceptors (Lipinski definition) is 4. The van der Waals surface area contributed by atoms with E-state index in [9.17, 15) is 4.79 Å². The van der Waals surface area contributed by atoms with Crippen LogP contribution in [0.25, 0.3) is 0 Å². The number of carbonyl (C=O) groups excluding carboxylic acids is 1. The van der Waals surface area contributed by atoms with Crippen LogP contribution in [0.5, 0.6) is 0 Å². The van der Waals surface area contributed by atoms with E-state index in [0.29, 0.717) is 6.42 Å². The lowest BCUT2D eigenvalue weighted by molar-refractivity contribution is -0.131. The molecular weight excluding hydrogens is 308 g/mol. The third-order valence-electron chi connectivity index (χ3n) is 4.18. The Morgan fingerprint density at radius 1 is 1.43 bits per heavy atom. The van der Waals surface area contributed by atoms with E-state index in [1.165, 1.54) is 0 Å². The first-order valence-corrected chi connectivity index (χ1v) is 9.03. The molecular formula is C17H24N4OS. The van der Waals surface area contributed by atoms with E-state index in [0.717, 1.165) is 36.6 Å². The molecule has 5 nitrogen and oxygen atoms in total. The summed E-state index contributed by atoms with van der Waals surface area (Å²) in [5, 5.41) is 7.37. The molecule has 6 heteroatoms. The van der Waals surface area contributed by atoms with Gasteiger partial charge in [-0.05, 0) is 18.9 Å². The van der Waals surface area contributed by atoms with Crippen LogP contribution in [0.3, 0.4) is 0 Å². The van der Waals surface area contributed by atoms with E-state index in [2.05, 4.69) is 30.9 Å². The number of aromatic nitrogens is 3. The maximum atomic E-state index is 12.7. The highest BCUT2D eigenvalue weighted by Crippen LogP contribution is 2.26. The Labute approximate surface area is 141 Å². The van der Waals surface area contributed by atoms with Crippen molar-refractivity contribution >= 4 is 17.2 Å². The summed E-state index contributed by atoms with van der Waals surface area (Å²) in [6.45, 7) is 8.08. The molecule has 0 bridgehead atoms. The van der Waals surface area contributed by atoms with Gasteiger partial charge < -0.3 is 4.90 Å².